The normalized spacial score (nSPS) is 20.5. The second kappa shape index (κ2) is 8.31. The molecule has 0 N–H and O–H groups in total. The predicted molar refractivity (Wildman–Crippen MR) is 102 cm³/mol. The Morgan fingerprint density at radius 1 is 1.04 bits per heavy atom. The van der Waals surface area contributed by atoms with Crippen molar-refractivity contribution in [1.29, 1.82) is 0 Å². The van der Waals surface area contributed by atoms with Crippen molar-refractivity contribution in [3.8, 4) is 0 Å². The lowest BCUT2D eigenvalue weighted by molar-refractivity contribution is 0.112. The highest BCUT2D eigenvalue weighted by atomic mass is 16.5. The number of hydrogen-bond acceptors (Lipinski definition) is 5. The largest absolute Gasteiger partial charge is 0.360 e. The summed E-state index contributed by atoms with van der Waals surface area (Å²) in [5.41, 5.74) is 3.67. The molecule has 3 heterocycles. The maximum Gasteiger partial charge on any atom is 0.150 e. The number of aromatic nitrogens is 2. The molecule has 2 aliphatic rings. The van der Waals surface area contributed by atoms with Gasteiger partial charge in [-0.1, -0.05) is 30.5 Å². The van der Waals surface area contributed by atoms with Gasteiger partial charge in [-0.2, -0.15) is 0 Å². The van der Waals surface area contributed by atoms with E-state index in [-0.39, 0.29) is 0 Å². The molecule has 5 nitrogen and oxygen atoms in total. The average molecular weight is 354 g/mol. The number of pyridine rings is 1. The van der Waals surface area contributed by atoms with E-state index in [0.717, 1.165) is 45.0 Å². The highest BCUT2D eigenvalue weighted by molar-refractivity contribution is 5.17. The molecular weight excluding hydrogens is 324 g/mol. The molecule has 140 valence electrons. The maximum atomic E-state index is 5.64. The summed E-state index contributed by atoms with van der Waals surface area (Å²) in [4.78, 5) is 9.51. The van der Waals surface area contributed by atoms with Gasteiger partial charge < -0.3 is 4.52 Å². The zero-order chi connectivity index (χ0) is 17.8. The SMILES string of the molecule is Cc1cccnc1CN1CCN(Cc2cc(C3CCCCC3)no2)CC1. The summed E-state index contributed by atoms with van der Waals surface area (Å²) in [7, 11) is 0. The number of piperazine rings is 1. The summed E-state index contributed by atoms with van der Waals surface area (Å²) in [6.07, 6.45) is 8.50. The monoisotopic (exact) mass is 354 g/mol. The molecule has 1 saturated heterocycles. The Morgan fingerprint density at radius 3 is 2.50 bits per heavy atom. The van der Waals surface area contributed by atoms with Gasteiger partial charge in [0.15, 0.2) is 5.76 Å². The summed E-state index contributed by atoms with van der Waals surface area (Å²) in [6.45, 7) is 8.30. The lowest BCUT2D eigenvalue weighted by Gasteiger charge is -2.34. The first kappa shape index (κ1) is 17.7. The summed E-state index contributed by atoms with van der Waals surface area (Å²) in [5.74, 6) is 1.65. The van der Waals surface area contributed by atoms with E-state index in [1.807, 2.05) is 12.3 Å². The minimum absolute atomic E-state index is 0.625. The van der Waals surface area contributed by atoms with E-state index in [2.05, 4.69) is 39.0 Å². The highest BCUT2D eigenvalue weighted by Crippen LogP contribution is 2.32. The molecule has 0 spiro atoms. The fourth-order valence-electron chi connectivity index (χ4n) is 4.22. The third-order valence-electron chi connectivity index (χ3n) is 5.94. The fraction of sp³-hybridized carbons (Fsp3) is 0.619. The van der Waals surface area contributed by atoms with Crippen LogP contribution in [-0.2, 0) is 13.1 Å². The minimum atomic E-state index is 0.625. The molecule has 2 aromatic heterocycles. The van der Waals surface area contributed by atoms with Crippen molar-refractivity contribution < 1.29 is 4.52 Å². The van der Waals surface area contributed by atoms with E-state index >= 15 is 0 Å². The molecule has 0 amide bonds. The molecule has 4 rings (SSSR count). The van der Waals surface area contributed by atoms with Crippen molar-refractivity contribution in [2.45, 2.75) is 58.0 Å². The van der Waals surface area contributed by atoms with Gasteiger partial charge in [0.25, 0.3) is 0 Å². The molecule has 0 radical (unpaired) electrons. The highest BCUT2D eigenvalue weighted by Gasteiger charge is 2.22. The molecule has 0 atom stereocenters. The van der Waals surface area contributed by atoms with Crippen LogP contribution in [0.2, 0.25) is 0 Å². The second-order valence-corrected chi connectivity index (χ2v) is 7.87. The van der Waals surface area contributed by atoms with Crippen LogP contribution in [-0.4, -0.2) is 46.1 Å². The van der Waals surface area contributed by atoms with Gasteiger partial charge >= 0.3 is 0 Å². The molecular formula is C21H30N4O. The Kier molecular flexibility index (Phi) is 5.65. The molecule has 26 heavy (non-hydrogen) atoms. The lowest BCUT2D eigenvalue weighted by Crippen LogP contribution is -2.45. The van der Waals surface area contributed by atoms with Crippen LogP contribution in [0.25, 0.3) is 0 Å². The smallest absolute Gasteiger partial charge is 0.150 e. The Labute approximate surface area is 156 Å². The lowest BCUT2D eigenvalue weighted by atomic mass is 9.87. The van der Waals surface area contributed by atoms with Gasteiger partial charge in [-0.15, -0.1) is 0 Å². The molecule has 5 heteroatoms. The van der Waals surface area contributed by atoms with Gasteiger partial charge in [0.05, 0.1) is 17.9 Å². The third kappa shape index (κ3) is 4.33. The molecule has 0 unspecified atom stereocenters. The van der Waals surface area contributed by atoms with Gasteiger partial charge in [-0.05, 0) is 31.4 Å². The topological polar surface area (TPSA) is 45.4 Å². The number of hydrogen-bond donors (Lipinski definition) is 0. The van der Waals surface area contributed by atoms with Gasteiger partial charge in [0.1, 0.15) is 0 Å². The van der Waals surface area contributed by atoms with Crippen molar-refractivity contribution >= 4 is 0 Å². The van der Waals surface area contributed by atoms with Gasteiger partial charge in [0.2, 0.25) is 0 Å². The van der Waals surface area contributed by atoms with E-state index in [1.54, 1.807) is 0 Å². The van der Waals surface area contributed by atoms with Crippen LogP contribution < -0.4 is 0 Å². The minimum Gasteiger partial charge on any atom is -0.360 e. The van der Waals surface area contributed by atoms with Crippen LogP contribution in [0.1, 0.15) is 60.7 Å². The van der Waals surface area contributed by atoms with E-state index in [4.69, 9.17) is 4.52 Å². The average Bonchev–Trinajstić information content (AvgIpc) is 3.14. The van der Waals surface area contributed by atoms with Gasteiger partial charge in [-0.25, -0.2) is 0 Å². The molecule has 2 fully saturated rings. The van der Waals surface area contributed by atoms with Crippen LogP contribution in [0.4, 0.5) is 0 Å². The van der Waals surface area contributed by atoms with Crippen molar-refractivity contribution in [2.75, 3.05) is 26.2 Å². The third-order valence-corrected chi connectivity index (χ3v) is 5.94. The zero-order valence-electron chi connectivity index (χ0n) is 15.9. The van der Waals surface area contributed by atoms with Crippen LogP contribution >= 0.6 is 0 Å². The fourth-order valence-corrected chi connectivity index (χ4v) is 4.22. The summed E-state index contributed by atoms with van der Waals surface area (Å²) in [6, 6.07) is 6.36. The molecule has 2 aromatic rings. The summed E-state index contributed by atoms with van der Waals surface area (Å²) >= 11 is 0. The molecule has 0 aromatic carbocycles. The van der Waals surface area contributed by atoms with E-state index in [0.29, 0.717) is 5.92 Å². The van der Waals surface area contributed by atoms with Crippen LogP contribution in [0.5, 0.6) is 0 Å². The summed E-state index contributed by atoms with van der Waals surface area (Å²) < 4.78 is 5.64. The first-order chi connectivity index (χ1) is 12.8. The van der Waals surface area contributed by atoms with Gasteiger partial charge in [-0.3, -0.25) is 14.8 Å². The van der Waals surface area contributed by atoms with Crippen molar-refractivity contribution in [2.24, 2.45) is 0 Å². The molecule has 0 bridgehead atoms. The number of rotatable bonds is 5. The Morgan fingerprint density at radius 2 is 1.77 bits per heavy atom. The van der Waals surface area contributed by atoms with Crippen LogP contribution in [0.15, 0.2) is 28.9 Å². The van der Waals surface area contributed by atoms with Crippen LogP contribution in [0, 0.1) is 6.92 Å². The molecule has 1 aliphatic carbocycles. The Bertz CT molecular complexity index is 700. The zero-order valence-corrected chi connectivity index (χ0v) is 15.9. The summed E-state index contributed by atoms with van der Waals surface area (Å²) in [5, 5.41) is 4.37. The van der Waals surface area contributed by atoms with Gasteiger partial charge in [0, 0.05) is 50.9 Å². The molecule has 1 aliphatic heterocycles. The van der Waals surface area contributed by atoms with E-state index in [9.17, 15) is 0 Å². The van der Waals surface area contributed by atoms with E-state index < -0.39 is 0 Å². The second-order valence-electron chi connectivity index (χ2n) is 7.87. The molecule has 1 saturated carbocycles. The first-order valence-corrected chi connectivity index (χ1v) is 10.1. The van der Waals surface area contributed by atoms with Crippen molar-refractivity contribution in [3.05, 3.63) is 47.1 Å². The Hall–Kier alpha value is -1.72. The number of aryl methyl sites for hydroxylation is 1. The first-order valence-electron chi connectivity index (χ1n) is 10.1. The standard InChI is InChI=1S/C21H30N4O/c1-17-6-5-9-22-21(17)16-25-12-10-24(11-13-25)15-19-14-20(23-26-19)18-7-3-2-4-8-18/h5-6,9,14,18H,2-4,7-8,10-13,15-16H2,1H3. The van der Waals surface area contributed by atoms with E-state index in [1.165, 1.54) is 49.1 Å². The quantitative estimate of drug-likeness (QED) is 0.818. The van der Waals surface area contributed by atoms with Crippen LogP contribution in [0.3, 0.4) is 0 Å². The number of nitrogens with zero attached hydrogens (tertiary/aromatic N) is 4. The van der Waals surface area contributed by atoms with Crippen molar-refractivity contribution in [3.63, 3.8) is 0 Å². The van der Waals surface area contributed by atoms with Crippen molar-refractivity contribution in [1.82, 2.24) is 19.9 Å². The Balaban J connectivity index is 1.26. The maximum absolute atomic E-state index is 5.64. The predicted octanol–water partition coefficient (Wildman–Crippen LogP) is 3.74.